The first-order valence-electron chi connectivity index (χ1n) is 2.59. The molecule has 0 aromatic carbocycles. The zero-order valence-corrected chi connectivity index (χ0v) is 5.33. The van der Waals surface area contributed by atoms with Gasteiger partial charge in [0.25, 0.3) is 0 Å². The fourth-order valence-corrected chi connectivity index (χ4v) is 0.356. The Labute approximate surface area is 53.5 Å². The van der Waals surface area contributed by atoms with E-state index in [-0.39, 0.29) is 6.54 Å². The van der Waals surface area contributed by atoms with Gasteiger partial charge in [-0.1, -0.05) is 0 Å². The van der Waals surface area contributed by atoms with Crippen molar-refractivity contribution in [3.8, 4) is 0 Å². The number of rotatable bonds is 3. The first-order valence-corrected chi connectivity index (χ1v) is 2.59. The number of nitrogens with two attached hydrogens (primary N) is 2. The molecule has 0 radical (unpaired) electrons. The van der Waals surface area contributed by atoms with Gasteiger partial charge in [-0.05, 0) is 6.92 Å². The molecule has 9 heavy (non-hydrogen) atoms. The van der Waals surface area contributed by atoms with Crippen molar-refractivity contribution in [2.45, 2.75) is 6.92 Å². The van der Waals surface area contributed by atoms with Gasteiger partial charge in [0.1, 0.15) is 6.54 Å². The molecule has 0 heterocycles. The molecule has 4 N–H and O–H groups in total. The van der Waals surface area contributed by atoms with Crippen molar-refractivity contribution in [3.63, 3.8) is 0 Å². The van der Waals surface area contributed by atoms with Crippen LogP contribution in [0.25, 0.3) is 0 Å². The van der Waals surface area contributed by atoms with Gasteiger partial charge in [-0.15, -0.1) is 0 Å². The van der Waals surface area contributed by atoms with Crippen LogP contribution in [-0.2, 0) is 9.53 Å². The Bertz CT molecular complexity index is 93.8. The number of esters is 1. The molecule has 5 heteroatoms. The highest BCUT2D eigenvalue weighted by Gasteiger charge is 2.01. The van der Waals surface area contributed by atoms with Gasteiger partial charge in [-0.2, -0.15) is 5.12 Å². The summed E-state index contributed by atoms with van der Waals surface area (Å²) >= 11 is 0. The van der Waals surface area contributed by atoms with Gasteiger partial charge in [0.2, 0.25) is 0 Å². The SMILES string of the molecule is CCOC(=O)CN(N)N. The third kappa shape index (κ3) is 5.22. The summed E-state index contributed by atoms with van der Waals surface area (Å²) in [6.07, 6.45) is 0. The summed E-state index contributed by atoms with van der Waals surface area (Å²) < 4.78 is 4.51. The molecule has 0 bridgehead atoms. The minimum atomic E-state index is -0.414. The maximum Gasteiger partial charge on any atom is 0.323 e. The Morgan fingerprint density at radius 3 is 2.56 bits per heavy atom. The van der Waals surface area contributed by atoms with Crippen LogP contribution in [0.5, 0.6) is 0 Å². The molecule has 0 aliphatic heterocycles. The molecule has 0 aliphatic carbocycles. The molecule has 0 aromatic rings. The lowest BCUT2D eigenvalue weighted by Gasteiger charge is -2.06. The van der Waals surface area contributed by atoms with E-state index in [1.807, 2.05) is 0 Å². The fourth-order valence-electron chi connectivity index (χ4n) is 0.356. The smallest absolute Gasteiger partial charge is 0.323 e. The van der Waals surface area contributed by atoms with Crippen molar-refractivity contribution in [3.05, 3.63) is 0 Å². The van der Waals surface area contributed by atoms with E-state index in [4.69, 9.17) is 11.7 Å². The van der Waals surface area contributed by atoms with Crippen LogP contribution in [0.3, 0.4) is 0 Å². The number of carbonyl (C=O) groups excluding carboxylic acids is 1. The highest BCUT2D eigenvalue weighted by molar-refractivity contribution is 5.71. The van der Waals surface area contributed by atoms with Crippen LogP contribution in [0.15, 0.2) is 0 Å². The van der Waals surface area contributed by atoms with E-state index in [9.17, 15) is 4.79 Å². The predicted octanol–water partition coefficient (Wildman–Crippen LogP) is -1.40. The quantitative estimate of drug-likeness (QED) is 0.281. The molecular weight excluding hydrogens is 122 g/mol. The summed E-state index contributed by atoms with van der Waals surface area (Å²) in [5, 5.41) is 0.776. The summed E-state index contributed by atoms with van der Waals surface area (Å²) in [7, 11) is 0. The van der Waals surface area contributed by atoms with Crippen LogP contribution in [0.2, 0.25) is 0 Å². The number of ether oxygens (including phenoxy) is 1. The number of nitrogens with zero attached hydrogens (tertiary/aromatic N) is 1. The normalized spacial score (nSPS) is 9.78. The second-order valence-electron chi connectivity index (χ2n) is 1.48. The average Bonchev–Trinajstić information content (AvgIpc) is 1.63. The predicted molar refractivity (Wildman–Crippen MR) is 31.7 cm³/mol. The van der Waals surface area contributed by atoms with E-state index in [2.05, 4.69) is 4.74 Å². The van der Waals surface area contributed by atoms with Crippen molar-refractivity contribution in [1.29, 1.82) is 0 Å². The first-order chi connectivity index (χ1) is 4.16. The van der Waals surface area contributed by atoms with E-state index in [1.54, 1.807) is 6.92 Å². The zero-order valence-electron chi connectivity index (χ0n) is 5.33. The Hall–Kier alpha value is -0.650. The Balaban J connectivity index is 3.27. The lowest BCUT2D eigenvalue weighted by molar-refractivity contribution is -0.144. The van der Waals surface area contributed by atoms with Crippen LogP contribution in [0.4, 0.5) is 0 Å². The molecule has 5 nitrogen and oxygen atoms in total. The first kappa shape index (κ1) is 8.35. The number of hydrogen-bond donors (Lipinski definition) is 2. The van der Waals surface area contributed by atoms with E-state index >= 15 is 0 Å². The molecule has 0 fully saturated rings. The van der Waals surface area contributed by atoms with Crippen LogP contribution in [-0.4, -0.2) is 24.2 Å². The number of hydrazine groups is 2. The largest absolute Gasteiger partial charge is 0.465 e. The molecule has 0 saturated heterocycles. The topological polar surface area (TPSA) is 81.6 Å². The summed E-state index contributed by atoms with van der Waals surface area (Å²) in [6.45, 7) is 2.00. The molecule has 54 valence electrons. The third-order valence-corrected chi connectivity index (χ3v) is 0.617. The summed E-state index contributed by atoms with van der Waals surface area (Å²) in [6, 6.07) is 0. The molecule has 0 saturated carbocycles. The van der Waals surface area contributed by atoms with Gasteiger partial charge in [-0.25, -0.2) is 0 Å². The van der Waals surface area contributed by atoms with Crippen molar-refractivity contribution in [1.82, 2.24) is 5.12 Å². The molecule has 0 aliphatic rings. The van der Waals surface area contributed by atoms with Crippen molar-refractivity contribution in [2.24, 2.45) is 11.7 Å². The second kappa shape index (κ2) is 4.25. The maximum atomic E-state index is 10.4. The van der Waals surface area contributed by atoms with E-state index in [0.29, 0.717) is 6.61 Å². The summed E-state index contributed by atoms with van der Waals surface area (Å²) in [5.74, 6) is 9.45. The van der Waals surface area contributed by atoms with Gasteiger partial charge < -0.3 is 4.74 Å². The lowest BCUT2D eigenvalue weighted by Crippen LogP contribution is -2.42. The standard InChI is InChI=1S/C4H11N3O2/c1-2-9-4(8)3-7(5)6/h2-3,5-6H2,1H3. The van der Waals surface area contributed by atoms with Crippen LogP contribution < -0.4 is 11.7 Å². The second-order valence-corrected chi connectivity index (χ2v) is 1.48. The molecule has 0 unspecified atom stereocenters. The van der Waals surface area contributed by atoms with Crippen LogP contribution in [0.1, 0.15) is 6.92 Å². The minimum absolute atomic E-state index is 0.0756. The van der Waals surface area contributed by atoms with Crippen molar-refractivity contribution in [2.75, 3.05) is 13.2 Å². The molecule has 0 rings (SSSR count). The van der Waals surface area contributed by atoms with Crippen LogP contribution in [0, 0.1) is 0 Å². The fraction of sp³-hybridized carbons (Fsp3) is 0.750. The van der Waals surface area contributed by atoms with E-state index in [0.717, 1.165) is 5.12 Å². The van der Waals surface area contributed by atoms with Gasteiger partial charge in [0.05, 0.1) is 6.61 Å². The van der Waals surface area contributed by atoms with Gasteiger partial charge in [0.15, 0.2) is 0 Å². The highest BCUT2D eigenvalue weighted by atomic mass is 16.5. The minimum Gasteiger partial charge on any atom is -0.465 e. The van der Waals surface area contributed by atoms with Gasteiger partial charge in [-0.3, -0.25) is 16.5 Å². The maximum absolute atomic E-state index is 10.4. The van der Waals surface area contributed by atoms with E-state index in [1.165, 1.54) is 0 Å². The monoisotopic (exact) mass is 133 g/mol. The zero-order chi connectivity index (χ0) is 7.28. The highest BCUT2D eigenvalue weighted by Crippen LogP contribution is 1.75. The Kier molecular flexibility index (Phi) is 3.94. The van der Waals surface area contributed by atoms with Crippen molar-refractivity contribution < 1.29 is 9.53 Å². The summed E-state index contributed by atoms with van der Waals surface area (Å²) in [4.78, 5) is 10.4. The molecular formula is C4H11N3O2. The Morgan fingerprint density at radius 1 is 1.67 bits per heavy atom. The van der Waals surface area contributed by atoms with Crippen LogP contribution >= 0.6 is 0 Å². The van der Waals surface area contributed by atoms with Gasteiger partial charge >= 0.3 is 5.97 Å². The number of hydrogen-bond acceptors (Lipinski definition) is 5. The van der Waals surface area contributed by atoms with E-state index < -0.39 is 5.97 Å². The Morgan fingerprint density at radius 2 is 2.22 bits per heavy atom. The molecule has 0 atom stereocenters. The third-order valence-electron chi connectivity index (χ3n) is 0.617. The molecule has 0 amide bonds. The molecule has 0 aromatic heterocycles. The van der Waals surface area contributed by atoms with Crippen molar-refractivity contribution >= 4 is 5.97 Å². The number of carbonyl (C=O) groups is 1. The molecule has 0 spiro atoms. The average molecular weight is 133 g/mol. The van der Waals surface area contributed by atoms with Gasteiger partial charge in [0, 0.05) is 0 Å². The lowest BCUT2D eigenvalue weighted by atomic mass is 10.7. The summed E-state index contributed by atoms with van der Waals surface area (Å²) in [5.41, 5.74) is 0.